The number of methoxy groups -OCH3 is 1. The number of nitrogens with zero attached hydrogens (tertiary/aromatic N) is 4. The maximum atomic E-state index is 14.3. The molecule has 4 heterocycles. The molecule has 0 atom stereocenters. The van der Waals surface area contributed by atoms with Crippen LogP contribution in [-0.4, -0.2) is 27.0 Å². The summed E-state index contributed by atoms with van der Waals surface area (Å²) in [6.07, 6.45) is 0. The highest BCUT2D eigenvalue weighted by Gasteiger charge is 2.29. The molecule has 4 aromatic rings. The molecule has 5 nitrogen and oxygen atoms in total. The van der Waals surface area contributed by atoms with E-state index in [1.54, 1.807) is 24.3 Å². The van der Waals surface area contributed by atoms with Gasteiger partial charge in [-0.15, -0.1) is 0 Å². The molecule has 0 aliphatic rings. The summed E-state index contributed by atoms with van der Waals surface area (Å²) < 4.78 is 60.4. The number of ether oxygens (including phenoxy) is 1. The van der Waals surface area contributed by atoms with Gasteiger partial charge in [-0.25, -0.2) is 0 Å². The molecule has 0 fully saturated rings. The number of hydrogen-bond acceptors (Lipinski definition) is 5. The molecule has 0 radical (unpaired) electrons. The zero-order chi connectivity index (χ0) is 23.8. The van der Waals surface area contributed by atoms with Crippen molar-refractivity contribution in [2.45, 2.75) is 19.3 Å². The first-order valence-electron chi connectivity index (χ1n) is 9.88. The Morgan fingerprint density at radius 1 is 0.667 bits per heavy atom. The molecule has 0 N–H and O–H groups in total. The van der Waals surface area contributed by atoms with Gasteiger partial charge in [0.1, 0.15) is 5.75 Å². The predicted octanol–water partition coefficient (Wildman–Crippen LogP) is 5.49. The summed E-state index contributed by atoms with van der Waals surface area (Å²) >= 11 is 0. The van der Waals surface area contributed by atoms with Gasteiger partial charge >= 0.3 is 0 Å². The molecular weight excluding hydrogens is 436 g/mol. The van der Waals surface area contributed by atoms with Gasteiger partial charge in [-0.3, -0.25) is 9.97 Å². The highest BCUT2D eigenvalue weighted by molar-refractivity contribution is 5.62. The number of pyridine rings is 4. The van der Waals surface area contributed by atoms with Crippen molar-refractivity contribution in [3.63, 3.8) is 0 Å². The van der Waals surface area contributed by atoms with E-state index in [0.29, 0.717) is 17.1 Å². The Hall–Kier alpha value is -3.88. The molecule has 0 aliphatic carbocycles. The van der Waals surface area contributed by atoms with Crippen molar-refractivity contribution in [3.05, 3.63) is 89.8 Å². The van der Waals surface area contributed by atoms with Crippen LogP contribution in [0.4, 0.5) is 17.6 Å². The van der Waals surface area contributed by atoms with E-state index in [2.05, 4.69) is 19.9 Å². The zero-order valence-electron chi connectivity index (χ0n) is 17.9. The molecule has 0 aromatic carbocycles. The van der Waals surface area contributed by atoms with Crippen LogP contribution in [0.3, 0.4) is 0 Å². The second-order valence-corrected chi connectivity index (χ2v) is 7.76. The first-order valence-corrected chi connectivity index (χ1v) is 9.88. The van der Waals surface area contributed by atoms with Crippen molar-refractivity contribution in [1.82, 2.24) is 19.9 Å². The standard InChI is InChI=1S/C24H18F4N4O/c1-24(2,18-6-4-5-16(29-18)14-7-9-20(25)31-22(14)27)19-12-13(33-3)11-17(30-19)15-8-10-21(26)32-23(15)28/h4-12H,1-3H3. The summed E-state index contributed by atoms with van der Waals surface area (Å²) in [5, 5.41) is 0. The average molecular weight is 454 g/mol. The van der Waals surface area contributed by atoms with Gasteiger partial charge in [0.2, 0.25) is 23.8 Å². The van der Waals surface area contributed by atoms with Crippen molar-refractivity contribution in [2.75, 3.05) is 7.11 Å². The fourth-order valence-electron chi connectivity index (χ4n) is 3.35. The number of aromatic nitrogens is 4. The highest BCUT2D eigenvalue weighted by Crippen LogP contribution is 2.35. The molecule has 0 saturated carbocycles. The molecule has 4 aromatic heterocycles. The minimum Gasteiger partial charge on any atom is -0.497 e. The summed E-state index contributed by atoms with van der Waals surface area (Å²) in [5.41, 5.74) is 0.680. The molecule has 168 valence electrons. The van der Waals surface area contributed by atoms with Gasteiger partial charge in [0, 0.05) is 17.5 Å². The van der Waals surface area contributed by atoms with Crippen LogP contribution >= 0.6 is 0 Å². The predicted molar refractivity (Wildman–Crippen MR) is 113 cm³/mol. The fraction of sp³-hybridized carbons (Fsp3) is 0.167. The molecule has 0 saturated heterocycles. The van der Waals surface area contributed by atoms with Crippen LogP contribution in [-0.2, 0) is 5.41 Å². The van der Waals surface area contributed by atoms with E-state index in [-0.39, 0.29) is 22.5 Å². The summed E-state index contributed by atoms with van der Waals surface area (Å²) in [6, 6.07) is 12.8. The third-order valence-electron chi connectivity index (χ3n) is 5.25. The Morgan fingerprint density at radius 2 is 1.24 bits per heavy atom. The van der Waals surface area contributed by atoms with E-state index in [0.717, 1.165) is 12.1 Å². The van der Waals surface area contributed by atoms with E-state index in [1.807, 2.05) is 13.8 Å². The van der Waals surface area contributed by atoms with Crippen molar-refractivity contribution < 1.29 is 22.3 Å². The molecule has 0 aliphatic heterocycles. The van der Waals surface area contributed by atoms with Crippen LogP contribution in [0.25, 0.3) is 22.5 Å². The van der Waals surface area contributed by atoms with Gasteiger partial charge in [0.05, 0.1) is 41.0 Å². The normalized spacial score (nSPS) is 11.5. The Balaban J connectivity index is 1.82. The van der Waals surface area contributed by atoms with Gasteiger partial charge in [-0.05, 0) is 50.2 Å². The molecule has 33 heavy (non-hydrogen) atoms. The third kappa shape index (κ3) is 4.39. The summed E-state index contributed by atoms with van der Waals surface area (Å²) in [4.78, 5) is 15.5. The van der Waals surface area contributed by atoms with Gasteiger partial charge in [0.15, 0.2) is 0 Å². The molecule has 0 unspecified atom stereocenters. The summed E-state index contributed by atoms with van der Waals surface area (Å²) in [5.74, 6) is -3.44. The van der Waals surface area contributed by atoms with E-state index in [1.165, 1.54) is 25.3 Å². The van der Waals surface area contributed by atoms with Crippen LogP contribution in [0.2, 0.25) is 0 Å². The van der Waals surface area contributed by atoms with Crippen molar-refractivity contribution in [2.24, 2.45) is 0 Å². The molecule has 0 spiro atoms. The van der Waals surface area contributed by atoms with E-state index < -0.39 is 29.2 Å². The zero-order valence-corrected chi connectivity index (χ0v) is 17.9. The Kier molecular flexibility index (Phi) is 5.80. The fourth-order valence-corrected chi connectivity index (χ4v) is 3.35. The van der Waals surface area contributed by atoms with Crippen LogP contribution in [0.15, 0.2) is 54.6 Å². The number of hydrogen-bond donors (Lipinski definition) is 0. The van der Waals surface area contributed by atoms with Crippen LogP contribution in [0.1, 0.15) is 25.2 Å². The third-order valence-corrected chi connectivity index (χ3v) is 5.25. The maximum Gasteiger partial charge on any atom is 0.224 e. The first kappa shape index (κ1) is 22.3. The van der Waals surface area contributed by atoms with Crippen LogP contribution in [0, 0.1) is 23.8 Å². The molecular formula is C24H18F4N4O. The van der Waals surface area contributed by atoms with Gasteiger partial charge in [-0.2, -0.15) is 27.5 Å². The minimum absolute atomic E-state index is 0.00789. The van der Waals surface area contributed by atoms with Crippen molar-refractivity contribution in [1.29, 1.82) is 0 Å². The van der Waals surface area contributed by atoms with E-state index >= 15 is 0 Å². The Morgan fingerprint density at radius 3 is 1.82 bits per heavy atom. The Bertz CT molecular complexity index is 1340. The van der Waals surface area contributed by atoms with Crippen molar-refractivity contribution >= 4 is 0 Å². The number of rotatable bonds is 5. The first-order chi connectivity index (χ1) is 15.7. The quantitative estimate of drug-likeness (QED) is 0.295. The van der Waals surface area contributed by atoms with Crippen molar-refractivity contribution in [3.8, 4) is 28.3 Å². The van der Waals surface area contributed by atoms with Gasteiger partial charge < -0.3 is 4.74 Å². The minimum atomic E-state index is -1.00. The lowest BCUT2D eigenvalue weighted by Gasteiger charge is -2.25. The lowest BCUT2D eigenvalue weighted by Crippen LogP contribution is -2.23. The summed E-state index contributed by atoms with van der Waals surface area (Å²) in [6.45, 7) is 3.67. The Labute approximate surface area is 187 Å². The van der Waals surface area contributed by atoms with Crippen LogP contribution < -0.4 is 4.74 Å². The molecule has 0 bridgehead atoms. The number of halogens is 4. The average Bonchev–Trinajstić information content (AvgIpc) is 2.78. The topological polar surface area (TPSA) is 60.8 Å². The second-order valence-electron chi connectivity index (χ2n) is 7.76. The maximum absolute atomic E-state index is 14.3. The highest BCUT2D eigenvalue weighted by atomic mass is 19.1. The SMILES string of the molecule is COc1cc(-c2ccc(F)nc2F)nc(C(C)(C)c2cccc(-c3ccc(F)nc3F)n2)c1. The lowest BCUT2D eigenvalue weighted by atomic mass is 9.84. The molecule has 9 heteroatoms. The second kappa shape index (κ2) is 8.57. The smallest absolute Gasteiger partial charge is 0.224 e. The molecule has 4 rings (SSSR count). The van der Waals surface area contributed by atoms with Gasteiger partial charge in [-0.1, -0.05) is 6.07 Å². The van der Waals surface area contributed by atoms with Gasteiger partial charge in [0.25, 0.3) is 0 Å². The van der Waals surface area contributed by atoms with E-state index in [4.69, 9.17) is 4.74 Å². The molecule has 0 amide bonds. The van der Waals surface area contributed by atoms with E-state index in [9.17, 15) is 17.6 Å². The largest absolute Gasteiger partial charge is 0.497 e. The summed E-state index contributed by atoms with van der Waals surface area (Å²) in [7, 11) is 1.46. The van der Waals surface area contributed by atoms with Crippen LogP contribution in [0.5, 0.6) is 5.75 Å². The lowest BCUT2D eigenvalue weighted by molar-refractivity contribution is 0.412. The monoisotopic (exact) mass is 454 g/mol.